The molecular weight excluding hydrogens is 275 g/mol. The number of carboxylic acid groups (broad SMARTS) is 1. The average molecular weight is 289 g/mol. The highest BCUT2D eigenvalue weighted by molar-refractivity contribution is 5.90. The summed E-state index contributed by atoms with van der Waals surface area (Å²) in [6.45, 7) is 1.48. The van der Waals surface area contributed by atoms with Gasteiger partial charge in [0.1, 0.15) is 0 Å². The van der Waals surface area contributed by atoms with Crippen molar-refractivity contribution < 1.29 is 27.9 Å². The molecule has 0 aliphatic rings. The molecule has 1 aromatic carbocycles. The second-order valence-electron chi connectivity index (χ2n) is 4.40. The zero-order chi connectivity index (χ0) is 15.3. The van der Waals surface area contributed by atoms with E-state index in [4.69, 9.17) is 5.11 Å². The van der Waals surface area contributed by atoms with Gasteiger partial charge in [0.2, 0.25) is 5.91 Å². The van der Waals surface area contributed by atoms with Crippen molar-refractivity contribution in [2.24, 2.45) is 5.92 Å². The molecule has 2 N–H and O–H groups in total. The lowest BCUT2D eigenvalue weighted by atomic mass is 10.1. The number of amides is 1. The van der Waals surface area contributed by atoms with E-state index < -0.39 is 29.5 Å². The Morgan fingerprint density at radius 2 is 1.80 bits per heavy atom. The molecule has 20 heavy (non-hydrogen) atoms. The highest BCUT2D eigenvalue weighted by Crippen LogP contribution is 2.29. The second-order valence-corrected chi connectivity index (χ2v) is 4.40. The summed E-state index contributed by atoms with van der Waals surface area (Å²) in [5.74, 6) is -2.07. The fourth-order valence-electron chi connectivity index (χ4n) is 1.44. The Labute approximate surface area is 113 Å². The fraction of sp³-hybridized carbons (Fsp3) is 0.385. The van der Waals surface area contributed by atoms with Crippen molar-refractivity contribution in [2.75, 3.05) is 5.32 Å². The summed E-state index contributed by atoms with van der Waals surface area (Å²) in [7, 11) is 0. The van der Waals surface area contributed by atoms with E-state index in [0.717, 1.165) is 24.3 Å². The molecule has 0 aromatic heterocycles. The standard InChI is InChI=1S/C13H14F3NO3/c1-8(12(19)20)2-7-11(18)17-10-5-3-9(4-6-10)13(14,15)16/h3-6,8H,2,7H2,1H3,(H,17,18)(H,19,20)/t8-/m0/s1. The zero-order valence-electron chi connectivity index (χ0n) is 10.7. The third kappa shape index (κ3) is 4.91. The van der Waals surface area contributed by atoms with Crippen LogP contribution in [0.3, 0.4) is 0 Å². The van der Waals surface area contributed by atoms with Gasteiger partial charge in [0.15, 0.2) is 0 Å². The molecule has 4 nitrogen and oxygen atoms in total. The van der Waals surface area contributed by atoms with E-state index in [1.165, 1.54) is 6.92 Å². The number of carbonyl (C=O) groups excluding carboxylic acids is 1. The van der Waals surface area contributed by atoms with Crippen molar-refractivity contribution in [3.05, 3.63) is 29.8 Å². The van der Waals surface area contributed by atoms with Gasteiger partial charge >= 0.3 is 12.1 Å². The summed E-state index contributed by atoms with van der Waals surface area (Å²) in [5, 5.41) is 11.1. The molecule has 1 amide bonds. The van der Waals surface area contributed by atoms with E-state index in [9.17, 15) is 22.8 Å². The number of nitrogens with one attached hydrogen (secondary N) is 1. The molecule has 0 heterocycles. The van der Waals surface area contributed by atoms with Gasteiger partial charge in [-0.25, -0.2) is 0 Å². The monoisotopic (exact) mass is 289 g/mol. The fourth-order valence-corrected chi connectivity index (χ4v) is 1.44. The Morgan fingerprint density at radius 1 is 1.25 bits per heavy atom. The molecule has 0 saturated heterocycles. The van der Waals surface area contributed by atoms with E-state index in [1.54, 1.807) is 0 Å². The minimum absolute atomic E-state index is 0.00547. The first kappa shape index (κ1) is 16.0. The number of carboxylic acids is 1. The molecule has 1 atom stereocenters. The van der Waals surface area contributed by atoms with Crippen LogP contribution in [0.25, 0.3) is 0 Å². The summed E-state index contributed by atoms with van der Waals surface area (Å²) in [6, 6.07) is 4.05. The van der Waals surface area contributed by atoms with Gasteiger partial charge < -0.3 is 10.4 Å². The molecule has 0 unspecified atom stereocenters. The summed E-state index contributed by atoms with van der Waals surface area (Å²) in [6.07, 6.45) is -4.25. The van der Waals surface area contributed by atoms with Crippen LogP contribution >= 0.6 is 0 Å². The van der Waals surface area contributed by atoms with E-state index in [2.05, 4.69) is 5.32 Å². The van der Waals surface area contributed by atoms with Crippen molar-refractivity contribution in [1.29, 1.82) is 0 Å². The molecule has 7 heteroatoms. The number of benzene rings is 1. The van der Waals surface area contributed by atoms with Crippen LogP contribution < -0.4 is 5.32 Å². The van der Waals surface area contributed by atoms with Crippen molar-refractivity contribution in [3.63, 3.8) is 0 Å². The topological polar surface area (TPSA) is 66.4 Å². The van der Waals surface area contributed by atoms with Crippen LogP contribution in [0.1, 0.15) is 25.3 Å². The Hall–Kier alpha value is -2.05. The van der Waals surface area contributed by atoms with Crippen LogP contribution in [0.5, 0.6) is 0 Å². The third-order valence-electron chi connectivity index (χ3n) is 2.72. The quantitative estimate of drug-likeness (QED) is 0.875. The zero-order valence-corrected chi connectivity index (χ0v) is 10.7. The maximum atomic E-state index is 12.3. The van der Waals surface area contributed by atoms with Crippen molar-refractivity contribution >= 4 is 17.6 Å². The first-order chi connectivity index (χ1) is 9.20. The summed E-state index contributed by atoms with van der Waals surface area (Å²) in [5.41, 5.74) is -0.555. The molecule has 1 aromatic rings. The first-order valence-corrected chi connectivity index (χ1v) is 5.90. The number of aliphatic carboxylic acids is 1. The smallest absolute Gasteiger partial charge is 0.416 e. The lowest BCUT2D eigenvalue weighted by molar-refractivity contribution is -0.141. The van der Waals surface area contributed by atoms with E-state index in [1.807, 2.05) is 0 Å². The minimum atomic E-state index is -4.42. The molecular formula is C13H14F3NO3. The Bertz CT molecular complexity index is 483. The number of hydrogen-bond donors (Lipinski definition) is 2. The number of rotatable bonds is 5. The SMILES string of the molecule is C[C@@H](CCC(=O)Nc1ccc(C(F)(F)F)cc1)C(=O)O. The molecule has 0 spiro atoms. The Kier molecular flexibility index (Phi) is 5.12. The van der Waals surface area contributed by atoms with Crippen molar-refractivity contribution in [2.45, 2.75) is 25.9 Å². The first-order valence-electron chi connectivity index (χ1n) is 5.90. The second kappa shape index (κ2) is 6.40. The molecule has 0 fully saturated rings. The van der Waals surface area contributed by atoms with Gasteiger partial charge in [-0.2, -0.15) is 13.2 Å². The molecule has 1 rings (SSSR count). The van der Waals surface area contributed by atoms with E-state index in [-0.39, 0.29) is 18.5 Å². The average Bonchev–Trinajstić information content (AvgIpc) is 2.35. The van der Waals surface area contributed by atoms with Crippen LogP contribution in [0.15, 0.2) is 24.3 Å². The molecule has 0 bridgehead atoms. The van der Waals surface area contributed by atoms with E-state index in [0.29, 0.717) is 0 Å². The van der Waals surface area contributed by atoms with Crippen LogP contribution in [0, 0.1) is 5.92 Å². The predicted octanol–water partition coefficient (Wildman–Crippen LogP) is 3.14. The number of carbonyl (C=O) groups is 2. The molecule has 0 saturated carbocycles. The normalized spacial score (nSPS) is 12.8. The van der Waals surface area contributed by atoms with E-state index >= 15 is 0 Å². The van der Waals surface area contributed by atoms with Gasteiger partial charge in [-0.05, 0) is 30.7 Å². The van der Waals surface area contributed by atoms with Crippen molar-refractivity contribution in [1.82, 2.24) is 0 Å². The van der Waals surface area contributed by atoms with Crippen LogP contribution in [0.4, 0.5) is 18.9 Å². The summed E-state index contributed by atoms with van der Waals surface area (Å²) >= 11 is 0. The van der Waals surface area contributed by atoms with Gasteiger partial charge in [0, 0.05) is 12.1 Å². The Balaban J connectivity index is 2.53. The minimum Gasteiger partial charge on any atom is -0.481 e. The molecule has 0 aliphatic heterocycles. The maximum Gasteiger partial charge on any atom is 0.416 e. The molecule has 0 aliphatic carbocycles. The lowest BCUT2D eigenvalue weighted by Crippen LogP contribution is -2.16. The maximum absolute atomic E-state index is 12.3. The number of anilines is 1. The summed E-state index contributed by atoms with van der Waals surface area (Å²) in [4.78, 5) is 22.1. The van der Waals surface area contributed by atoms with Gasteiger partial charge in [-0.1, -0.05) is 6.92 Å². The largest absolute Gasteiger partial charge is 0.481 e. The Morgan fingerprint density at radius 3 is 2.25 bits per heavy atom. The van der Waals surface area contributed by atoms with Crippen molar-refractivity contribution in [3.8, 4) is 0 Å². The lowest BCUT2D eigenvalue weighted by Gasteiger charge is -2.09. The molecule has 110 valence electrons. The van der Waals surface area contributed by atoms with Gasteiger partial charge in [0.25, 0.3) is 0 Å². The van der Waals surface area contributed by atoms with Gasteiger partial charge in [-0.15, -0.1) is 0 Å². The highest BCUT2D eigenvalue weighted by atomic mass is 19.4. The molecule has 0 radical (unpaired) electrons. The van der Waals surface area contributed by atoms with Gasteiger partial charge in [0.05, 0.1) is 11.5 Å². The third-order valence-corrected chi connectivity index (χ3v) is 2.72. The van der Waals surface area contributed by atoms with Crippen LogP contribution in [-0.2, 0) is 15.8 Å². The summed E-state index contributed by atoms with van der Waals surface area (Å²) < 4.78 is 37.0. The number of hydrogen-bond acceptors (Lipinski definition) is 2. The predicted molar refractivity (Wildman–Crippen MR) is 66.1 cm³/mol. The van der Waals surface area contributed by atoms with Crippen LogP contribution in [0.2, 0.25) is 0 Å². The van der Waals surface area contributed by atoms with Crippen LogP contribution in [-0.4, -0.2) is 17.0 Å². The highest BCUT2D eigenvalue weighted by Gasteiger charge is 2.29. The number of alkyl halides is 3. The number of halogens is 3. The van der Waals surface area contributed by atoms with Gasteiger partial charge in [-0.3, -0.25) is 9.59 Å².